The lowest BCUT2D eigenvalue weighted by Gasteiger charge is -2.17. The molecular formula is C12H13NO5. The molecule has 18 heavy (non-hydrogen) atoms. The van der Waals surface area contributed by atoms with Gasteiger partial charge in [-0.15, -0.1) is 0 Å². The van der Waals surface area contributed by atoms with Gasteiger partial charge in [0.2, 0.25) is 0 Å². The third-order valence-corrected chi connectivity index (χ3v) is 2.65. The number of anilines is 1. The van der Waals surface area contributed by atoms with Crippen molar-refractivity contribution >= 4 is 17.7 Å². The molecule has 1 N–H and O–H groups in total. The van der Waals surface area contributed by atoms with Gasteiger partial charge >= 0.3 is 12.1 Å². The maximum Gasteiger partial charge on any atom is 0.414 e. The molecule has 1 fully saturated rings. The van der Waals surface area contributed by atoms with Crippen LogP contribution in [0.4, 0.5) is 10.5 Å². The smallest absolute Gasteiger partial charge is 0.414 e. The highest BCUT2D eigenvalue weighted by atomic mass is 16.6. The van der Waals surface area contributed by atoms with Gasteiger partial charge in [-0.1, -0.05) is 6.07 Å². The molecule has 2 rings (SSSR count). The van der Waals surface area contributed by atoms with Crippen LogP contribution in [0.5, 0.6) is 5.75 Å². The molecule has 0 aromatic heterocycles. The molecule has 0 aliphatic carbocycles. The van der Waals surface area contributed by atoms with Crippen LogP contribution in [-0.4, -0.2) is 37.4 Å². The largest absolute Gasteiger partial charge is 0.495 e. The van der Waals surface area contributed by atoms with E-state index in [0.29, 0.717) is 30.2 Å². The molecule has 1 saturated heterocycles. The first-order chi connectivity index (χ1) is 8.61. The van der Waals surface area contributed by atoms with Crippen LogP contribution in [0, 0.1) is 0 Å². The van der Waals surface area contributed by atoms with Crippen molar-refractivity contribution in [1.82, 2.24) is 0 Å². The monoisotopic (exact) mass is 251 g/mol. The predicted octanol–water partition coefficient (Wildman–Crippen LogP) is 1.28. The Labute approximate surface area is 104 Å². The van der Waals surface area contributed by atoms with E-state index in [2.05, 4.69) is 0 Å². The Hall–Kier alpha value is -2.24. The molecule has 6 nitrogen and oxygen atoms in total. The maximum atomic E-state index is 11.5. The summed E-state index contributed by atoms with van der Waals surface area (Å²) in [5, 5.41) is 8.77. The summed E-state index contributed by atoms with van der Waals surface area (Å²) in [7, 11) is 1.50. The van der Waals surface area contributed by atoms with Gasteiger partial charge in [-0.2, -0.15) is 0 Å². The summed E-state index contributed by atoms with van der Waals surface area (Å²) >= 11 is 0. The van der Waals surface area contributed by atoms with Gasteiger partial charge in [0.25, 0.3) is 0 Å². The summed E-state index contributed by atoms with van der Waals surface area (Å²) in [6.07, 6.45) is -0.541. The van der Waals surface area contributed by atoms with Crippen molar-refractivity contribution in [3.05, 3.63) is 23.8 Å². The number of carboxylic acid groups (broad SMARTS) is 1. The molecule has 6 heteroatoms. The minimum Gasteiger partial charge on any atom is -0.495 e. The molecule has 0 bridgehead atoms. The van der Waals surface area contributed by atoms with E-state index in [1.54, 1.807) is 18.2 Å². The molecular weight excluding hydrogens is 238 g/mol. The van der Waals surface area contributed by atoms with Crippen LogP contribution in [0.15, 0.2) is 18.2 Å². The van der Waals surface area contributed by atoms with Gasteiger partial charge in [0.1, 0.15) is 12.4 Å². The summed E-state index contributed by atoms with van der Waals surface area (Å²) in [6, 6.07) is 4.95. The van der Waals surface area contributed by atoms with E-state index in [-0.39, 0.29) is 6.42 Å². The number of carbonyl (C=O) groups excluding carboxylic acids is 1. The first-order valence-corrected chi connectivity index (χ1v) is 5.45. The van der Waals surface area contributed by atoms with Crippen LogP contribution < -0.4 is 9.64 Å². The number of hydrogen-bond acceptors (Lipinski definition) is 4. The number of aliphatic carboxylic acids is 1. The van der Waals surface area contributed by atoms with Crippen molar-refractivity contribution in [3.63, 3.8) is 0 Å². The zero-order valence-corrected chi connectivity index (χ0v) is 9.88. The Bertz CT molecular complexity index is 485. The summed E-state index contributed by atoms with van der Waals surface area (Å²) in [4.78, 5) is 23.6. The van der Waals surface area contributed by atoms with Crippen LogP contribution in [0.2, 0.25) is 0 Å². The maximum absolute atomic E-state index is 11.5. The van der Waals surface area contributed by atoms with E-state index < -0.39 is 12.1 Å². The fraction of sp³-hybridized carbons (Fsp3) is 0.333. The van der Waals surface area contributed by atoms with Crippen molar-refractivity contribution in [1.29, 1.82) is 0 Å². The first-order valence-electron chi connectivity index (χ1n) is 5.45. The average Bonchev–Trinajstić information content (AvgIpc) is 2.74. The fourth-order valence-electron chi connectivity index (χ4n) is 1.84. The zero-order chi connectivity index (χ0) is 13.1. The van der Waals surface area contributed by atoms with Gasteiger partial charge in [0.15, 0.2) is 0 Å². The predicted molar refractivity (Wildman–Crippen MR) is 63.0 cm³/mol. The molecule has 0 spiro atoms. The van der Waals surface area contributed by atoms with E-state index in [4.69, 9.17) is 14.6 Å². The van der Waals surface area contributed by atoms with Crippen LogP contribution in [0.1, 0.15) is 5.56 Å². The summed E-state index contributed by atoms with van der Waals surface area (Å²) in [5.74, 6) is -0.405. The molecule has 1 aliphatic heterocycles. The second-order valence-corrected chi connectivity index (χ2v) is 3.84. The van der Waals surface area contributed by atoms with Gasteiger partial charge < -0.3 is 14.6 Å². The van der Waals surface area contributed by atoms with Crippen molar-refractivity contribution in [2.75, 3.05) is 25.2 Å². The molecule has 1 amide bonds. The quantitative estimate of drug-likeness (QED) is 0.872. The Morgan fingerprint density at radius 2 is 2.33 bits per heavy atom. The Kier molecular flexibility index (Phi) is 3.36. The van der Waals surface area contributed by atoms with Crippen LogP contribution >= 0.6 is 0 Å². The van der Waals surface area contributed by atoms with Gasteiger partial charge in [-0.25, -0.2) is 4.79 Å². The fourth-order valence-corrected chi connectivity index (χ4v) is 1.84. The minimum absolute atomic E-state index is 0.0973. The average molecular weight is 251 g/mol. The number of rotatable bonds is 4. The Balaban J connectivity index is 2.35. The third-order valence-electron chi connectivity index (χ3n) is 2.65. The lowest BCUT2D eigenvalue weighted by atomic mass is 10.1. The summed E-state index contributed by atoms with van der Waals surface area (Å²) in [6.45, 7) is 0.761. The number of carbonyl (C=O) groups is 2. The van der Waals surface area contributed by atoms with E-state index >= 15 is 0 Å². The second kappa shape index (κ2) is 4.95. The summed E-state index contributed by atoms with van der Waals surface area (Å²) in [5.41, 5.74) is 1.15. The van der Waals surface area contributed by atoms with Crippen LogP contribution in [0.3, 0.4) is 0 Å². The number of cyclic esters (lactones) is 1. The highest BCUT2D eigenvalue weighted by Gasteiger charge is 2.26. The van der Waals surface area contributed by atoms with E-state index in [9.17, 15) is 9.59 Å². The number of carboxylic acids is 1. The highest BCUT2D eigenvalue weighted by molar-refractivity contribution is 5.91. The number of benzene rings is 1. The topological polar surface area (TPSA) is 76.1 Å². The molecule has 1 heterocycles. The number of ether oxygens (including phenoxy) is 2. The van der Waals surface area contributed by atoms with Gasteiger partial charge in [0, 0.05) is 0 Å². The normalized spacial score (nSPS) is 14.5. The minimum atomic E-state index is -0.921. The van der Waals surface area contributed by atoms with E-state index in [1.165, 1.54) is 12.0 Å². The van der Waals surface area contributed by atoms with Crippen LogP contribution in [0.25, 0.3) is 0 Å². The number of nitrogens with zero attached hydrogens (tertiary/aromatic N) is 1. The van der Waals surface area contributed by atoms with Crippen molar-refractivity contribution in [3.8, 4) is 5.75 Å². The van der Waals surface area contributed by atoms with Gasteiger partial charge in [-0.3, -0.25) is 9.69 Å². The zero-order valence-electron chi connectivity index (χ0n) is 9.88. The molecule has 1 aromatic rings. The Morgan fingerprint density at radius 1 is 1.56 bits per heavy atom. The number of amides is 1. The van der Waals surface area contributed by atoms with Crippen molar-refractivity contribution in [2.24, 2.45) is 0 Å². The number of methoxy groups -OCH3 is 1. The van der Waals surface area contributed by atoms with E-state index in [0.717, 1.165) is 0 Å². The third kappa shape index (κ3) is 2.37. The molecule has 96 valence electrons. The molecule has 1 aromatic carbocycles. The lowest BCUT2D eigenvalue weighted by molar-refractivity contribution is -0.136. The Morgan fingerprint density at radius 3 is 2.89 bits per heavy atom. The van der Waals surface area contributed by atoms with Gasteiger partial charge in [-0.05, 0) is 17.7 Å². The van der Waals surface area contributed by atoms with E-state index in [1.807, 2.05) is 0 Å². The van der Waals surface area contributed by atoms with Gasteiger partial charge in [0.05, 0.1) is 25.8 Å². The second-order valence-electron chi connectivity index (χ2n) is 3.84. The molecule has 0 radical (unpaired) electrons. The van der Waals surface area contributed by atoms with Crippen molar-refractivity contribution < 1.29 is 24.2 Å². The number of hydrogen-bond donors (Lipinski definition) is 1. The molecule has 0 atom stereocenters. The molecule has 0 unspecified atom stereocenters. The first kappa shape index (κ1) is 12.2. The molecule has 1 aliphatic rings. The SMILES string of the molecule is COc1ccc(CC(=O)O)cc1N1CCOC1=O. The standard InChI is InChI=1S/C12H13NO5/c1-17-10-3-2-8(7-11(14)15)6-9(10)13-4-5-18-12(13)16/h2-3,6H,4-5,7H2,1H3,(H,14,15). The highest BCUT2D eigenvalue weighted by Crippen LogP contribution is 2.31. The molecule has 0 saturated carbocycles. The lowest BCUT2D eigenvalue weighted by Crippen LogP contribution is -2.24. The van der Waals surface area contributed by atoms with Crippen molar-refractivity contribution in [2.45, 2.75) is 6.42 Å². The summed E-state index contributed by atoms with van der Waals surface area (Å²) < 4.78 is 10.0. The van der Waals surface area contributed by atoms with Crippen LogP contribution in [-0.2, 0) is 16.0 Å².